The van der Waals surface area contributed by atoms with Gasteiger partial charge >= 0.3 is 6.18 Å². The van der Waals surface area contributed by atoms with Crippen molar-refractivity contribution in [2.75, 3.05) is 5.73 Å². The van der Waals surface area contributed by atoms with Gasteiger partial charge in [-0.2, -0.15) is 13.2 Å². The molecule has 0 saturated carbocycles. The Labute approximate surface area is 110 Å². The Bertz CT molecular complexity index is 545. The zero-order chi connectivity index (χ0) is 14.2. The van der Waals surface area contributed by atoms with Gasteiger partial charge in [0.15, 0.2) is 0 Å². The highest BCUT2D eigenvalue weighted by Gasteiger charge is 2.33. The predicted molar refractivity (Wildman–Crippen MR) is 63.3 cm³/mol. The number of nitrogens with one attached hydrogen (secondary N) is 1. The van der Waals surface area contributed by atoms with E-state index < -0.39 is 28.8 Å². The summed E-state index contributed by atoms with van der Waals surface area (Å²) in [4.78, 5) is 22.7. The summed E-state index contributed by atoms with van der Waals surface area (Å²) in [6.07, 6.45) is -4.46. The molecule has 0 spiro atoms. The smallest absolute Gasteiger partial charge is 0.398 e. The average Bonchev–Trinajstić information content (AvgIpc) is 2.59. The van der Waals surface area contributed by atoms with Crippen molar-refractivity contribution in [3.8, 4) is 0 Å². The Morgan fingerprint density at radius 1 is 1.32 bits per heavy atom. The van der Waals surface area contributed by atoms with Gasteiger partial charge in [0.2, 0.25) is 11.8 Å². The second-order valence-electron chi connectivity index (χ2n) is 3.97. The molecule has 1 aliphatic rings. The van der Waals surface area contributed by atoms with Crippen molar-refractivity contribution >= 4 is 29.3 Å². The maximum atomic E-state index is 12.4. The van der Waals surface area contributed by atoms with Gasteiger partial charge in [0.05, 0.1) is 10.8 Å². The van der Waals surface area contributed by atoms with Gasteiger partial charge in [0, 0.05) is 17.0 Å². The zero-order valence-corrected chi connectivity index (χ0v) is 10.3. The Morgan fingerprint density at radius 3 is 2.47 bits per heavy atom. The fraction of sp³-hybridized carbons (Fsp3) is 0.273. The third-order valence-electron chi connectivity index (χ3n) is 2.53. The highest BCUT2D eigenvalue weighted by Crippen LogP contribution is 2.36. The van der Waals surface area contributed by atoms with E-state index in [4.69, 9.17) is 5.73 Å². The van der Waals surface area contributed by atoms with E-state index in [0.29, 0.717) is 4.90 Å². The number of alkyl halides is 3. The van der Waals surface area contributed by atoms with Gasteiger partial charge in [-0.3, -0.25) is 14.9 Å². The van der Waals surface area contributed by atoms with E-state index in [1.807, 2.05) is 0 Å². The number of amides is 2. The van der Waals surface area contributed by atoms with E-state index in [2.05, 4.69) is 5.32 Å². The molecule has 1 aliphatic heterocycles. The van der Waals surface area contributed by atoms with Crippen LogP contribution < -0.4 is 11.1 Å². The fourth-order valence-corrected chi connectivity index (χ4v) is 2.66. The van der Waals surface area contributed by atoms with Crippen molar-refractivity contribution in [1.82, 2.24) is 5.32 Å². The van der Waals surface area contributed by atoms with Gasteiger partial charge < -0.3 is 5.73 Å². The quantitative estimate of drug-likeness (QED) is 0.643. The van der Waals surface area contributed by atoms with E-state index in [9.17, 15) is 22.8 Å². The van der Waals surface area contributed by atoms with Crippen molar-refractivity contribution in [2.45, 2.75) is 22.7 Å². The van der Waals surface area contributed by atoms with Crippen LogP contribution in [0.1, 0.15) is 12.0 Å². The highest BCUT2D eigenvalue weighted by atomic mass is 32.2. The third-order valence-corrected chi connectivity index (χ3v) is 3.82. The Balaban J connectivity index is 2.18. The van der Waals surface area contributed by atoms with Crippen LogP contribution in [0.25, 0.3) is 0 Å². The summed E-state index contributed by atoms with van der Waals surface area (Å²) in [5, 5.41) is 1.48. The Hall–Kier alpha value is -1.70. The average molecular weight is 290 g/mol. The SMILES string of the molecule is Nc1cc(C(F)(F)F)ccc1SC1CC(=O)NC1=O. The number of carbonyl (C=O) groups excluding carboxylic acids is 2. The molecule has 4 nitrogen and oxygen atoms in total. The van der Waals surface area contributed by atoms with E-state index in [1.165, 1.54) is 6.07 Å². The number of hydrogen-bond donors (Lipinski definition) is 2. The lowest BCUT2D eigenvalue weighted by Gasteiger charge is -2.12. The summed E-state index contributed by atoms with van der Waals surface area (Å²) in [6, 6.07) is 2.92. The first-order chi connectivity index (χ1) is 8.77. The minimum absolute atomic E-state index is 0.00393. The van der Waals surface area contributed by atoms with E-state index in [-0.39, 0.29) is 12.1 Å². The lowest BCUT2D eigenvalue weighted by Crippen LogP contribution is -2.23. The first-order valence-electron chi connectivity index (χ1n) is 5.24. The molecule has 3 N–H and O–H groups in total. The van der Waals surface area contributed by atoms with Crippen molar-refractivity contribution in [2.24, 2.45) is 0 Å². The largest absolute Gasteiger partial charge is 0.416 e. The molecule has 8 heteroatoms. The summed E-state index contributed by atoms with van der Waals surface area (Å²) < 4.78 is 37.3. The van der Waals surface area contributed by atoms with E-state index >= 15 is 0 Å². The number of rotatable bonds is 2. The molecule has 1 saturated heterocycles. The molecule has 0 radical (unpaired) electrons. The lowest BCUT2D eigenvalue weighted by molar-refractivity contribution is -0.137. The van der Waals surface area contributed by atoms with Crippen LogP contribution in [-0.2, 0) is 15.8 Å². The molecule has 102 valence electrons. The molecule has 1 heterocycles. The van der Waals surface area contributed by atoms with Gasteiger partial charge in [-0.1, -0.05) is 0 Å². The molecule has 19 heavy (non-hydrogen) atoms. The van der Waals surface area contributed by atoms with Gasteiger partial charge in [-0.15, -0.1) is 11.8 Å². The van der Waals surface area contributed by atoms with Gasteiger partial charge in [0.1, 0.15) is 0 Å². The summed E-state index contributed by atoms with van der Waals surface area (Å²) in [7, 11) is 0. The number of thioether (sulfide) groups is 1. The van der Waals surface area contributed by atoms with Crippen molar-refractivity contribution in [3.05, 3.63) is 23.8 Å². The molecule has 1 aromatic carbocycles. The molecular formula is C11H9F3N2O2S. The van der Waals surface area contributed by atoms with Crippen LogP contribution in [0.4, 0.5) is 18.9 Å². The zero-order valence-electron chi connectivity index (χ0n) is 9.45. The van der Waals surface area contributed by atoms with Crippen LogP contribution >= 0.6 is 11.8 Å². The molecule has 0 aliphatic carbocycles. The standard InChI is InChI=1S/C11H9F3N2O2S/c12-11(13,14)5-1-2-7(6(15)3-5)19-8-4-9(17)16-10(8)18/h1-3,8H,4,15H2,(H,16,17,18). The molecule has 1 unspecified atom stereocenters. The molecule has 1 aromatic rings. The molecule has 1 atom stereocenters. The summed E-state index contributed by atoms with van der Waals surface area (Å²) in [6.45, 7) is 0. The monoisotopic (exact) mass is 290 g/mol. The summed E-state index contributed by atoms with van der Waals surface area (Å²) in [5.74, 6) is -0.845. The van der Waals surface area contributed by atoms with Crippen LogP contribution in [0.3, 0.4) is 0 Å². The lowest BCUT2D eigenvalue weighted by atomic mass is 10.2. The first kappa shape index (κ1) is 13.7. The molecule has 2 rings (SSSR count). The summed E-state index contributed by atoms with van der Waals surface area (Å²) in [5.41, 5.74) is 4.63. The number of anilines is 1. The minimum Gasteiger partial charge on any atom is -0.398 e. The van der Waals surface area contributed by atoms with E-state index in [1.54, 1.807) is 0 Å². The maximum Gasteiger partial charge on any atom is 0.416 e. The number of nitrogens with two attached hydrogens (primary N) is 1. The van der Waals surface area contributed by atoms with Gasteiger partial charge in [-0.25, -0.2) is 0 Å². The number of benzene rings is 1. The Morgan fingerprint density at radius 2 is 2.00 bits per heavy atom. The molecule has 2 amide bonds. The normalized spacial score (nSPS) is 19.6. The second-order valence-corrected chi connectivity index (χ2v) is 5.22. The topological polar surface area (TPSA) is 72.2 Å². The number of hydrogen-bond acceptors (Lipinski definition) is 4. The predicted octanol–water partition coefficient (Wildman–Crippen LogP) is 1.79. The minimum atomic E-state index is -4.46. The highest BCUT2D eigenvalue weighted by molar-refractivity contribution is 8.00. The number of nitrogen functional groups attached to an aromatic ring is 1. The number of carbonyl (C=O) groups is 2. The van der Waals surface area contributed by atoms with Crippen LogP contribution in [0.2, 0.25) is 0 Å². The van der Waals surface area contributed by atoms with Crippen LogP contribution in [0.5, 0.6) is 0 Å². The van der Waals surface area contributed by atoms with Crippen molar-refractivity contribution in [3.63, 3.8) is 0 Å². The fourth-order valence-electron chi connectivity index (χ4n) is 1.61. The molecule has 1 fully saturated rings. The molecule has 0 bridgehead atoms. The van der Waals surface area contributed by atoms with Gasteiger partial charge in [0.25, 0.3) is 0 Å². The first-order valence-corrected chi connectivity index (χ1v) is 6.12. The number of imide groups is 1. The number of halogens is 3. The van der Waals surface area contributed by atoms with Gasteiger partial charge in [-0.05, 0) is 18.2 Å². The van der Waals surface area contributed by atoms with Crippen molar-refractivity contribution in [1.29, 1.82) is 0 Å². The molecule has 0 aromatic heterocycles. The summed E-state index contributed by atoms with van der Waals surface area (Å²) >= 11 is 0.984. The van der Waals surface area contributed by atoms with Crippen LogP contribution in [0, 0.1) is 0 Å². The molecular weight excluding hydrogens is 281 g/mol. The maximum absolute atomic E-state index is 12.4. The van der Waals surface area contributed by atoms with Crippen molar-refractivity contribution < 1.29 is 22.8 Å². The van der Waals surface area contributed by atoms with Crippen LogP contribution in [0.15, 0.2) is 23.1 Å². The Kier molecular flexibility index (Phi) is 3.44. The second kappa shape index (κ2) is 4.76. The van der Waals surface area contributed by atoms with E-state index in [0.717, 1.165) is 23.9 Å². The van der Waals surface area contributed by atoms with Crippen LogP contribution in [-0.4, -0.2) is 17.1 Å². The third kappa shape index (κ3) is 3.01.